The zero-order valence-corrected chi connectivity index (χ0v) is 11.8. The van der Waals surface area contributed by atoms with E-state index in [0.29, 0.717) is 18.5 Å². The zero-order valence-electron chi connectivity index (χ0n) is 11.8. The number of hydrogen-bond acceptors (Lipinski definition) is 4. The van der Waals surface area contributed by atoms with Crippen LogP contribution < -0.4 is 11.1 Å². The molecule has 3 rings (SSSR count). The molecule has 0 radical (unpaired) electrons. The predicted molar refractivity (Wildman–Crippen MR) is 82.6 cm³/mol. The Balaban J connectivity index is 1.83. The first-order valence-electron chi connectivity index (χ1n) is 7.55. The summed E-state index contributed by atoms with van der Waals surface area (Å²) in [6, 6.07) is 8.51. The zero-order chi connectivity index (χ0) is 13.8. The van der Waals surface area contributed by atoms with Crippen LogP contribution in [0.1, 0.15) is 32.1 Å². The SMILES string of the molecule is NCC(Nc1nncc2ccccc12)C1CCCCC1. The fourth-order valence-electron chi connectivity index (χ4n) is 3.22. The summed E-state index contributed by atoms with van der Waals surface area (Å²) < 4.78 is 0. The second-order valence-corrected chi connectivity index (χ2v) is 5.67. The maximum Gasteiger partial charge on any atom is 0.156 e. The van der Waals surface area contributed by atoms with Crippen LogP contribution in [0.5, 0.6) is 0 Å². The molecule has 1 heterocycles. The van der Waals surface area contributed by atoms with E-state index in [2.05, 4.69) is 27.6 Å². The number of nitrogens with two attached hydrogens (primary N) is 1. The Morgan fingerprint density at radius 3 is 2.80 bits per heavy atom. The van der Waals surface area contributed by atoms with Gasteiger partial charge in [0.2, 0.25) is 0 Å². The van der Waals surface area contributed by atoms with Gasteiger partial charge in [-0.15, -0.1) is 5.10 Å². The van der Waals surface area contributed by atoms with Gasteiger partial charge in [0.15, 0.2) is 5.82 Å². The molecule has 1 aromatic carbocycles. The van der Waals surface area contributed by atoms with E-state index in [0.717, 1.165) is 16.6 Å². The number of aromatic nitrogens is 2. The van der Waals surface area contributed by atoms with Crippen molar-refractivity contribution in [1.29, 1.82) is 0 Å². The van der Waals surface area contributed by atoms with Crippen LogP contribution in [0, 0.1) is 5.92 Å². The summed E-state index contributed by atoms with van der Waals surface area (Å²) in [5, 5.41) is 14.1. The van der Waals surface area contributed by atoms with Gasteiger partial charge in [-0.25, -0.2) is 0 Å². The van der Waals surface area contributed by atoms with Crippen molar-refractivity contribution in [3.8, 4) is 0 Å². The molecule has 1 atom stereocenters. The van der Waals surface area contributed by atoms with Gasteiger partial charge in [0, 0.05) is 23.4 Å². The second kappa shape index (κ2) is 6.18. The lowest BCUT2D eigenvalue weighted by Crippen LogP contribution is -2.37. The quantitative estimate of drug-likeness (QED) is 0.896. The van der Waals surface area contributed by atoms with Crippen molar-refractivity contribution in [2.24, 2.45) is 11.7 Å². The van der Waals surface area contributed by atoms with Crippen molar-refractivity contribution in [1.82, 2.24) is 10.2 Å². The van der Waals surface area contributed by atoms with Crippen molar-refractivity contribution in [2.75, 3.05) is 11.9 Å². The molecular weight excluding hydrogens is 248 g/mol. The van der Waals surface area contributed by atoms with Crippen LogP contribution in [0.4, 0.5) is 5.82 Å². The molecule has 0 aliphatic heterocycles. The third-order valence-electron chi connectivity index (χ3n) is 4.37. The van der Waals surface area contributed by atoms with Gasteiger partial charge in [0.25, 0.3) is 0 Å². The van der Waals surface area contributed by atoms with E-state index >= 15 is 0 Å². The Hall–Kier alpha value is -1.68. The fraction of sp³-hybridized carbons (Fsp3) is 0.500. The lowest BCUT2D eigenvalue weighted by molar-refractivity contribution is 0.320. The lowest BCUT2D eigenvalue weighted by Gasteiger charge is -2.30. The van der Waals surface area contributed by atoms with Gasteiger partial charge >= 0.3 is 0 Å². The molecule has 0 bridgehead atoms. The van der Waals surface area contributed by atoms with Crippen molar-refractivity contribution >= 4 is 16.6 Å². The van der Waals surface area contributed by atoms with Gasteiger partial charge in [0.1, 0.15) is 0 Å². The van der Waals surface area contributed by atoms with Crippen molar-refractivity contribution in [2.45, 2.75) is 38.1 Å². The van der Waals surface area contributed by atoms with Gasteiger partial charge in [-0.1, -0.05) is 43.5 Å². The molecule has 1 unspecified atom stereocenters. The molecule has 1 aromatic heterocycles. The highest BCUT2D eigenvalue weighted by atomic mass is 15.2. The van der Waals surface area contributed by atoms with E-state index < -0.39 is 0 Å². The Labute approximate surface area is 119 Å². The van der Waals surface area contributed by atoms with Crippen molar-refractivity contribution in [3.05, 3.63) is 30.5 Å². The molecule has 20 heavy (non-hydrogen) atoms. The van der Waals surface area contributed by atoms with Crippen LogP contribution in [0.2, 0.25) is 0 Å². The third-order valence-corrected chi connectivity index (χ3v) is 4.37. The largest absolute Gasteiger partial charge is 0.364 e. The monoisotopic (exact) mass is 270 g/mol. The number of benzene rings is 1. The molecule has 4 heteroatoms. The van der Waals surface area contributed by atoms with Gasteiger partial charge in [-0.2, -0.15) is 5.10 Å². The van der Waals surface area contributed by atoms with Gasteiger partial charge in [-0.05, 0) is 18.8 Å². The normalized spacial score (nSPS) is 18.1. The van der Waals surface area contributed by atoms with E-state index in [1.54, 1.807) is 6.20 Å². The molecule has 1 aliphatic rings. The van der Waals surface area contributed by atoms with E-state index in [1.165, 1.54) is 32.1 Å². The summed E-state index contributed by atoms with van der Waals surface area (Å²) >= 11 is 0. The fourth-order valence-corrected chi connectivity index (χ4v) is 3.22. The first kappa shape index (κ1) is 13.3. The summed E-state index contributed by atoms with van der Waals surface area (Å²) in [6.07, 6.45) is 8.36. The average Bonchev–Trinajstić information content (AvgIpc) is 2.53. The molecule has 1 saturated carbocycles. The van der Waals surface area contributed by atoms with Crippen LogP contribution in [-0.2, 0) is 0 Å². The first-order valence-corrected chi connectivity index (χ1v) is 7.55. The van der Waals surface area contributed by atoms with Crippen LogP contribution in [0.3, 0.4) is 0 Å². The third kappa shape index (κ3) is 2.75. The molecule has 2 aromatic rings. The van der Waals surface area contributed by atoms with Gasteiger partial charge in [0.05, 0.1) is 6.20 Å². The standard InChI is InChI=1S/C16H22N4/c17-10-15(12-6-2-1-3-7-12)19-16-14-9-5-4-8-13(14)11-18-20-16/h4-5,8-9,11-12,15H,1-3,6-7,10,17H2,(H,19,20). The smallest absolute Gasteiger partial charge is 0.156 e. The summed E-state index contributed by atoms with van der Waals surface area (Å²) in [6.45, 7) is 0.648. The van der Waals surface area contributed by atoms with E-state index in [9.17, 15) is 0 Å². The van der Waals surface area contributed by atoms with Crippen LogP contribution in [0.15, 0.2) is 30.5 Å². The van der Waals surface area contributed by atoms with Crippen LogP contribution >= 0.6 is 0 Å². The van der Waals surface area contributed by atoms with E-state index in [1.807, 2.05) is 12.1 Å². The molecule has 4 nitrogen and oxygen atoms in total. The van der Waals surface area contributed by atoms with E-state index in [-0.39, 0.29) is 0 Å². The minimum Gasteiger partial charge on any atom is -0.364 e. The summed E-state index contributed by atoms with van der Waals surface area (Å²) in [4.78, 5) is 0. The minimum absolute atomic E-state index is 0.301. The molecule has 1 aliphatic carbocycles. The summed E-state index contributed by atoms with van der Waals surface area (Å²) in [7, 11) is 0. The molecule has 3 N–H and O–H groups in total. The number of nitrogens with zero attached hydrogens (tertiary/aromatic N) is 2. The summed E-state index contributed by atoms with van der Waals surface area (Å²) in [5.74, 6) is 1.53. The Morgan fingerprint density at radius 1 is 1.20 bits per heavy atom. The first-order chi connectivity index (χ1) is 9.88. The molecule has 0 saturated heterocycles. The molecule has 0 amide bonds. The van der Waals surface area contributed by atoms with E-state index in [4.69, 9.17) is 5.73 Å². The van der Waals surface area contributed by atoms with Gasteiger partial charge < -0.3 is 11.1 Å². The van der Waals surface area contributed by atoms with Gasteiger partial charge in [-0.3, -0.25) is 0 Å². The predicted octanol–water partition coefficient (Wildman–Crippen LogP) is 2.95. The van der Waals surface area contributed by atoms with Crippen LogP contribution in [0.25, 0.3) is 10.8 Å². The Morgan fingerprint density at radius 2 is 2.00 bits per heavy atom. The second-order valence-electron chi connectivity index (χ2n) is 5.67. The van der Waals surface area contributed by atoms with Crippen molar-refractivity contribution in [3.63, 3.8) is 0 Å². The highest BCUT2D eigenvalue weighted by Gasteiger charge is 2.23. The number of rotatable bonds is 4. The summed E-state index contributed by atoms with van der Waals surface area (Å²) in [5.41, 5.74) is 5.98. The average molecular weight is 270 g/mol. The number of anilines is 1. The minimum atomic E-state index is 0.301. The van der Waals surface area contributed by atoms with Crippen molar-refractivity contribution < 1.29 is 0 Å². The topological polar surface area (TPSA) is 63.8 Å². The number of hydrogen-bond donors (Lipinski definition) is 2. The maximum atomic E-state index is 5.98. The number of fused-ring (bicyclic) bond motifs is 1. The lowest BCUT2D eigenvalue weighted by atomic mass is 9.84. The Bertz CT molecular complexity index is 558. The number of nitrogens with one attached hydrogen (secondary N) is 1. The highest BCUT2D eigenvalue weighted by Crippen LogP contribution is 2.29. The maximum absolute atomic E-state index is 5.98. The molecule has 1 fully saturated rings. The van der Waals surface area contributed by atoms with Crippen LogP contribution in [-0.4, -0.2) is 22.8 Å². The molecule has 0 spiro atoms. The molecular formula is C16H22N4. The Kier molecular flexibility index (Phi) is 4.11. The highest BCUT2D eigenvalue weighted by molar-refractivity contribution is 5.90. The molecule has 106 valence electrons.